The highest BCUT2D eigenvalue weighted by Gasteiger charge is 2.29. The second-order valence-electron chi connectivity index (χ2n) is 8.90. The average Bonchev–Trinajstić information content (AvgIpc) is 3.19. The van der Waals surface area contributed by atoms with Crippen molar-refractivity contribution >= 4 is 34.7 Å². The number of anilines is 3. The molecule has 0 radical (unpaired) electrons. The second kappa shape index (κ2) is 9.49. The lowest BCUT2D eigenvalue weighted by molar-refractivity contribution is -0.122. The number of ether oxygens (including phenoxy) is 1. The predicted molar refractivity (Wildman–Crippen MR) is 123 cm³/mol. The van der Waals surface area contributed by atoms with Crippen LogP contribution in [0.1, 0.15) is 44.6 Å². The van der Waals surface area contributed by atoms with Gasteiger partial charge >= 0.3 is 0 Å². The number of hydrogen-bond acceptors (Lipinski definition) is 7. The minimum atomic E-state index is -0.592. The lowest BCUT2D eigenvalue weighted by Crippen LogP contribution is -2.29. The first-order valence-electron chi connectivity index (χ1n) is 11.6. The predicted octanol–water partition coefficient (Wildman–Crippen LogP) is 3.66. The van der Waals surface area contributed by atoms with Crippen molar-refractivity contribution in [2.24, 2.45) is 11.7 Å². The Kier molecular flexibility index (Phi) is 6.27. The molecule has 0 unspecified atom stereocenters. The minimum Gasteiger partial charge on any atom is -0.381 e. The van der Waals surface area contributed by atoms with Crippen molar-refractivity contribution in [2.75, 3.05) is 23.8 Å². The summed E-state index contributed by atoms with van der Waals surface area (Å²) in [6.45, 7) is 1.38. The van der Waals surface area contributed by atoms with Crippen LogP contribution in [-0.4, -0.2) is 44.7 Å². The molecule has 1 saturated heterocycles. The van der Waals surface area contributed by atoms with E-state index in [9.17, 15) is 13.6 Å². The smallest absolute Gasteiger partial charge is 0.224 e. The van der Waals surface area contributed by atoms with Crippen molar-refractivity contribution < 1.29 is 18.3 Å². The third-order valence-corrected chi connectivity index (χ3v) is 6.63. The average molecular weight is 472 g/mol. The lowest BCUT2D eigenvalue weighted by Gasteiger charge is -2.29. The SMILES string of the molecule is NC(=O)[C@H]1CC[C@H](n2c(Nc3cc(F)ccc3F)nc3cnc(NC4CCOCC4)nc32)CC1. The number of nitrogens with one attached hydrogen (secondary N) is 2. The lowest BCUT2D eigenvalue weighted by atomic mass is 9.85. The molecule has 0 bridgehead atoms. The van der Waals surface area contributed by atoms with E-state index in [0.717, 1.165) is 31.0 Å². The van der Waals surface area contributed by atoms with E-state index in [1.165, 1.54) is 0 Å². The van der Waals surface area contributed by atoms with Gasteiger partial charge in [0, 0.05) is 37.3 Å². The van der Waals surface area contributed by atoms with Crippen molar-refractivity contribution in [3.8, 4) is 0 Å². The monoisotopic (exact) mass is 471 g/mol. The largest absolute Gasteiger partial charge is 0.381 e. The molecule has 1 aromatic carbocycles. The van der Waals surface area contributed by atoms with Gasteiger partial charge in [0.2, 0.25) is 17.8 Å². The van der Waals surface area contributed by atoms with Gasteiger partial charge < -0.3 is 21.1 Å². The quantitative estimate of drug-likeness (QED) is 0.502. The number of fused-ring (bicyclic) bond motifs is 1. The molecule has 34 heavy (non-hydrogen) atoms. The number of amides is 1. The zero-order chi connectivity index (χ0) is 23.7. The number of aromatic nitrogens is 4. The zero-order valence-corrected chi connectivity index (χ0v) is 18.6. The molecule has 1 aliphatic heterocycles. The van der Waals surface area contributed by atoms with Crippen LogP contribution >= 0.6 is 0 Å². The normalized spacial score (nSPS) is 21.5. The number of rotatable bonds is 6. The van der Waals surface area contributed by atoms with Crippen LogP contribution in [0.3, 0.4) is 0 Å². The van der Waals surface area contributed by atoms with Crippen LogP contribution in [0, 0.1) is 17.6 Å². The molecule has 4 N–H and O–H groups in total. The fourth-order valence-corrected chi connectivity index (χ4v) is 4.75. The van der Waals surface area contributed by atoms with E-state index in [-0.39, 0.29) is 29.6 Å². The van der Waals surface area contributed by atoms with Gasteiger partial charge in [0.05, 0.1) is 11.9 Å². The Morgan fingerprint density at radius 3 is 2.59 bits per heavy atom. The van der Waals surface area contributed by atoms with Crippen molar-refractivity contribution in [3.05, 3.63) is 36.0 Å². The number of nitrogens with two attached hydrogens (primary N) is 1. The van der Waals surface area contributed by atoms with Crippen molar-refractivity contribution in [3.63, 3.8) is 0 Å². The topological polar surface area (TPSA) is 120 Å². The summed E-state index contributed by atoms with van der Waals surface area (Å²) >= 11 is 0. The van der Waals surface area contributed by atoms with Crippen LogP contribution in [0.5, 0.6) is 0 Å². The summed E-state index contributed by atoms with van der Waals surface area (Å²) in [4.78, 5) is 25.4. The molecule has 0 spiro atoms. The van der Waals surface area contributed by atoms with E-state index in [0.29, 0.717) is 62.0 Å². The fourth-order valence-electron chi connectivity index (χ4n) is 4.75. The first kappa shape index (κ1) is 22.5. The van der Waals surface area contributed by atoms with Crippen molar-refractivity contribution in [1.82, 2.24) is 19.5 Å². The van der Waals surface area contributed by atoms with E-state index in [1.807, 2.05) is 4.57 Å². The number of hydrogen-bond donors (Lipinski definition) is 3. The number of nitrogens with zero attached hydrogens (tertiary/aromatic N) is 4. The van der Waals surface area contributed by atoms with Gasteiger partial charge in [0.15, 0.2) is 5.65 Å². The summed E-state index contributed by atoms with van der Waals surface area (Å²) in [7, 11) is 0. The van der Waals surface area contributed by atoms with Crippen LogP contribution in [0.2, 0.25) is 0 Å². The Morgan fingerprint density at radius 1 is 1.09 bits per heavy atom. The van der Waals surface area contributed by atoms with Gasteiger partial charge in [-0.2, -0.15) is 4.98 Å². The third kappa shape index (κ3) is 4.65. The molecule has 1 saturated carbocycles. The maximum atomic E-state index is 14.4. The van der Waals surface area contributed by atoms with Gasteiger partial charge in [-0.3, -0.25) is 9.36 Å². The summed E-state index contributed by atoms with van der Waals surface area (Å²) in [5, 5.41) is 6.31. The first-order valence-corrected chi connectivity index (χ1v) is 11.6. The molecule has 1 aliphatic carbocycles. The van der Waals surface area contributed by atoms with Crippen LogP contribution in [0.15, 0.2) is 24.4 Å². The Hall–Kier alpha value is -3.34. The van der Waals surface area contributed by atoms with E-state index >= 15 is 0 Å². The van der Waals surface area contributed by atoms with Gasteiger partial charge in [-0.25, -0.2) is 18.7 Å². The number of benzene rings is 1. The molecule has 9 nitrogen and oxygen atoms in total. The van der Waals surface area contributed by atoms with Gasteiger partial charge in [-0.15, -0.1) is 0 Å². The molecule has 11 heteroatoms. The Labute approximate surface area is 195 Å². The summed E-state index contributed by atoms with van der Waals surface area (Å²) in [5.74, 6) is -0.779. The molecule has 180 valence electrons. The number of halogens is 2. The summed E-state index contributed by atoms with van der Waals surface area (Å²) in [6, 6.07) is 3.40. The maximum absolute atomic E-state index is 14.4. The molecular weight excluding hydrogens is 444 g/mol. The number of primary amides is 1. The number of carbonyl (C=O) groups excluding carboxylic acids is 1. The maximum Gasteiger partial charge on any atom is 0.224 e. The van der Waals surface area contributed by atoms with E-state index in [2.05, 4.69) is 20.6 Å². The Morgan fingerprint density at radius 2 is 1.85 bits per heavy atom. The third-order valence-electron chi connectivity index (χ3n) is 6.63. The molecule has 2 fully saturated rings. The standard InChI is InChI=1S/C23H27F2N7O2/c24-14-3-6-17(25)18(11-14)29-23-30-19-12-27-22(28-15-7-9-34-10-8-15)31-21(19)32(23)16-4-1-13(2-5-16)20(26)33/h3,6,11-13,15-16H,1-2,4-5,7-10H2,(H2,26,33)(H,29,30)(H,27,28,31)/t13-,16-. The van der Waals surface area contributed by atoms with Crippen molar-refractivity contribution in [2.45, 2.75) is 50.6 Å². The van der Waals surface area contributed by atoms with Crippen LogP contribution in [0.4, 0.5) is 26.4 Å². The number of imidazole rings is 1. The van der Waals surface area contributed by atoms with Crippen LogP contribution < -0.4 is 16.4 Å². The van der Waals surface area contributed by atoms with Crippen molar-refractivity contribution in [1.29, 1.82) is 0 Å². The van der Waals surface area contributed by atoms with Gasteiger partial charge in [0.1, 0.15) is 17.2 Å². The highest BCUT2D eigenvalue weighted by atomic mass is 19.1. The summed E-state index contributed by atoms with van der Waals surface area (Å²) in [6.07, 6.45) is 6.02. The van der Waals surface area contributed by atoms with Gasteiger partial charge in [-0.1, -0.05) is 0 Å². The molecule has 2 aliphatic rings. The molecule has 3 heterocycles. The van der Waals surface area contributed by atoms with E-state index in [4.69, 9.17) is 15.5 Å². The number of carbonyl (C=O) groups is 1. The molecular formula is C23H27F2N7O2. The molecule has 1 amide bonds. The Bertz CT molecular complexity index is 1190. The highest BCUT2D eigenvalue weighted by Crippen LogP contribution is 2.37. The molecule has 3 aromatic rings. The van der Waals surface area contributed by atoms with E-state index in [1.54, 1.807) is 6.20 Å². The molecule has 0 atom stereocenters. The fraction of sp³-hybridized carbons (Fsp3) is 0.478. The Balaban J connectivity index is 1.51. The van der Waals surface area contributed by atoms with Crippen LogP contribution in [-0.2, 0) is 9.53 Å². The first-order chi connectivity index (χ1) is 16.5. The minimum absolute atomic E-state index is 0.0177. The van der Waals surface area contributed by atoms with E-state index < -0.39 is 11.6 Å². The molecule has 5 rings (SSSR count). The second-order valence-corrected chi connectivity index (χ2v) is 8.90. The van der Waals surface area contributed by atoms with Crippen LogP contribution in [0.25, 0.3) is 11.2 Å². The van der Waals surface area contributed by atoms with Gasteiger partial charge in [0.25, 0.3) is 0 Å². The highest BCUT2D eigenvalue weighted by molar-refractivity contribution is 5.78. The molecule has 2 aromatic heterocycles. The summed E-state index contributed by atoms with van der Waals surface area (Å²) in [5.41, 5.74) is 6.62. The zero-order valence-electron chi connectivity index (χ0n) is 18.6. The summed E-state index contributed by atoms with van der Waals surface area (Å²) < 4.78 is 35.5. The van der Waals surface area contributed by atoms with Gasteiger partial charge in [-0.05, 0) is 50.7 Å².